The molecule has 0 aromatic carbocycles. The van der Waals surface area contributed by atoms with Gasteiger partial charge in [0.15, 0.2) is 0 Å². The molecule has 8 heteroatoms. The van der Waals surface area contributed by atoms with Gasteiger partial charge in [0, 0.05) is 12.8 Å². The Kier molecular flexibility index (Phi) is 8.46. The molecule has 0 aromatic heterocycles. The lowest BCUT2D eigenvalue weighted by atomic mass is 9.82. The Bertz CT molecular complexity index is 385. The third-order valence-corrected chi connectivity index (χ3v) is 4.72. The average molecular weight is 343 g/mol. The Hall–Kier alpha value is -0.910. The second kappa shape index (κ2) is 8.81. The van der Waals surface area contributed by atoms with Gasteiger partial charge in [0.2, 0.25) is 0 Å². The molecule has 23 heavy (non-hydrogen) atoms. The summed E-state index contributed by atoms with van der Waals surface area (Å²) in [5, 5.41) is 8.66. The molecular formula is C15H25F4NO3. The first-order chi connectivity index (χ1) is 9.83. The minimum atomic E-state index is -3.34. The summed E-state index contributed by atoms with van der Waals surface area (Å²) in [4.78, 5) is 0. The van der Waals surface area contributed by atoms with E-state index in [0.29, 0.717) is 18.8 Å². The molecule has 0 aromatic rings. The Labute approximate surface area is 133 Å². The quantitative estimate of drug-likeness (QED) is 0.737. The molecule has 0 radical (unpaired) electrons. The summed E-state index contributed by atoms with van der Waals surface area (Å²) in [5.41, 5.74) is 0. The van der Waals surface area contributed by atoms with Crippen molar-refractivity contribution in [2.75, 3.05) is 0 Å². The van der Waals surface area contributed by atoms with Crippen molar-refractivity contribution in [1.29, 1.82) is 5.26 Å². The molecule has 2 atom stereocenters. The fourth-order valence-corrected chi connectivity index (χ4v) is 3.29. The number of ether oxygens (including phenoxy) is 1. The van der Waals surface area contributed by atoms with E-state index in [1.165, 1.54) is 0 Å². The minimum Gasteiger partial charge on any atom is -0.412 e. The maximum atomic E-state index is 14.1. The second-order valence-electron chi connectivity index (χ2n) is 6.42. The fraction of sp³-hybridized carbons (Fsp3) is 0.933. The van der Waals surface area contributed by atoms with Crippen LogP contribution in [0.5, 0.6) is 0 Å². The van der Waals surface area contributed by atoms with Crippen LogP contribution in [0.2, 0.25) is 0 Å². The van der Waals surface area contributed by atoms with Crippen molar-refractivity contribution in [3.05, 3.63) is 0 Å². The summed E-state index contributed by atoms with van der Waals surface area (Å²) in [6.07, 6.45) is -6.46. The fourth-order valence-electron chi connectivity index (χ4n) is 3.29. The van der Waals surface area contributed by atoms with Crippen LogP contribution < -0.4 is 0 Å². The predicted molar refractivity (Wildman–Crippen MR) is 76.3 cm³/mol. The van der Waals surface area contributed by atoms with E-state index < -0.39 is 36.4 Å². The standard InChI is InChI=1S/C15H21F4NO.2H2O/c1-9-2-4-10(5-3-9)15(18,19)21-11-6-13(16)12(8-20)14(17)7-11;;/h9-14H,2-7H2,1H3;2*1H2. The van der Waals surface area contributed by atoms with Crippen molar-refractivity contribution >= 4 is 0 Å². The first-order valence-electron chi connectivity index (χ1n) is 7.57. The highest BCUT2D eigenvalue weighted by Crippen LogP contribution is 2.42. The van der Waals surface area contributed by atoms with E-state index in [9.17, 15) is 17.6 Å². The molecule has 0 spiro atoms. The Balaban J connectivity index is 0.00000242. The average Bonchev–Trinajstić information content (AvgIpc) is 2.38. The number of nitriles is 1. The zero-order chi connectivity index (χ0) is 15.6. The van der Waals surface area contributed by atoms with E-state index in [2.05, 4.69) is 0 Å². The van der Waals surface area contributed by atoms with Gasteiger partial charge in [-0.1, -0.05) is 19.8 Å². The van der Waals surface area contributed by atoms with Crippen molar-refractivity contribution in [2.45, 2.75) is 70.0 Å². The molecule has 0 amide bonds. The van der Waals surface area contributed by atoms with Gasteiger partial charge in [-0.3, -0.25) is 0 Å². The van der Waals surface area contributed by atoms with Crippen molar-refractivity contribution < 1.29 is 33.3 Å². The highest BCUT2D eigenvalue weighted by molar-refractivity contribution is 4.99. The molecule has 2 fully saturated rings. The monoisotopic (exact) mass is 343 g/mol. The SMILES string of the molecule is CC1CCC(C(F)(F)OC2CC(F)C(C#N)C(F)C2)CC1.O.O. The van der Waals surface area contributed by atoms with Gasteiger partial charge in [-0.2, -0.15) is 14.0 Å². The molecule has 2 unspecified atom stereocenters. The summed E-state index contributed by atoms with van der Waals surface area (Å²) in [5.74, 6) is -1.80. The third kappa shape index (κ3) is 5.30. The zero-order valence-corrected chi connectivity index (χ0v) is 13.1. The second-order valence-corrected chi connectivity index (χ2v) is 6.42. The van der Waals surface area contributed by atoms with Gasteiger partial charge in [0.05, 0.1) is 18.1 Å². The molecule has 2 saturated carbocycles. The number of hydrogen-bond acceptors (Lipinski definition) is 2. The van der Waals surface area contributed by atoms with E-state index in [4.69, 9.17) is 10.00 Å². The zero-order valence-electron chi connectivity index (χ0n) is 13.1. The van der Waals surface area contributed by atoms with Gasteiger partial charge in [0.1, 0.15) is 18.3 Å². The Morgan fingerprint density at radius 2 is 1.48 bits per heavy atom. The Morgan fingerprint density at radius 1 is 1.00 bits per heavy atom. The molecule has 0 heterocycles. The van der Waals surface area contributed by atoms with E-state index in [-0.39, 0.29) is 23.8 Å². The van der Waals surface area contributed by atoms with Crippen LogP contribution in [0.4, 0.5) is 17.6 Å². The molecule has 2 rings (SSSR count). The van der Waals surface area contributed by atoms with Gasteiger partial charge in [-0.25, -0.2) is 8.78 Å². The minimum absolute atomic E-state index is 0. The lowest BCUT2D eigenvalue weighted by Gasteiger charge is -2.37. The molecule has 4 nitrogen and oxygen atoms in total. The van der Waals surface area contributed by atoms with E-state index in [1.807, 2.05) is 6.92 Å². The number of nitrogens with zero attached hydrogens (tertiary/aromatic N) is 1. The van der Waals surface area contributed by atoms with Crippen LogP contribution in [0, 0.1) is 29.1 Å². The smallest absolute Gasteiger partial charge is 0.358 e. The summed E-state index contributed by atoms with van der Waals surface area (Å²) >= 11 is 0. The van der Waals surface area contributed by atoms with Crippen LogP contribution in [0.1, 0.15) is 45.4 Å². The number of hydrogen-bond donors (Lipinski definition) is 0. The van der Waals surface area contributed by atoms with Crippen LogP contribution in [0.25, 0.3) is 0 Å². The van der Waals surface area contributed by atoms with Crippen LogP contribution in [0.15, 0.2) is 0 Å². The molecule has 0 bridgehead atoms. The van der Waals surface area contributed by atoms with Crippen molar-refractivity contribution in [1.82, 2.24) is 0 Å². The maximum Gasteiger partial charge on any atom is 0.358 e. The van der Waals surface area contributed by atoms with Crippen LogP contribution >= 0.6 is 0 Å². The Morgan fingerprint density at radius 3 is 1.91 bits per heavy atom. The molecule has 0 saturated heterocycles. The third-order valence-electron chi connectivity index (χ3n) is 4.72. The van der Waals surface area contributed by atoms with Gasteiger partial charge in [-0.05, 0) is 18.8 Å². The van der Waals surface area contributed by atoms with E-state index in [1.54, 1.807) is 6.07 Å². The van der Waals surface area contributed by atoms with Gasteiger partial charge < -0.3 is 15.7 Å². The maximum absolute atomic E-state index is 14.1. The van der Waals surface area contributed by atoms with Gasteiger partial charge in [-0.15, -0.1) is 0 Å². The summed E-state index contributed by atoms with van der Waals surface area (Å²) < 4.78 is 60.3. The van der Waals surface area contributed by atoms with Crippen LogP contribution in [-0.4, -0.2) is 35.5 Å². The highest BCUT2D eigenvalue weighted by Gasteiger charge is 2.47. The molecule has 2 aliphatic carbocycles. The van der Waals surface area contributed by atoms with Crippen molar-refractivity contribution in [3.8, 4) is 6.07 Å². The van der Waals surface area contributed by atoms with Gasteiger partial charge >= 0.3 is 6.11 Å². The van der Waals surface area contributed by atoms with Crippen LogP contribution in [0.3, 0.4) is 0 Å². The normalized spacial score (nSPS) is 37.9. The van der Waals surface area contributed by atoms with Crippen molar-refractivity contribution in [2.24, 2.45) is 17.8 Å². The highest BCUT2D eigenvalue weighted by atomic mass is 19.3. The predicted octanol–water partition coefficient (Wildman–Crippen LogP) is 2.75. The number of alkyl halides is 4. The summed E-state index contributed by atoms with van der Waals surface area (Å²) in [7, 11) is 0. The van der Waals surface area contributed by atoms with E-state index >= 15 is 0 Å². The lowest BCUT2D eigenvalue weighted by Crippen LogP contribution is -2.44. The van der Waals surface area contributed by atoms with Crippen LogP contribution in [-0.2, 0) is 4.74 Å². The molecule has 2 aliphatic rings. The lowest BCUT2D eigenvalue weighted by molar-refractivity contribution is -0.305. The first-order valence-corrected chi connectivity index (χ1v) is 7.57. The first kappa shape index (κ1) is 22.1. The molecule has 4 N–H and O–H groups in total. The number of halogens is 4. The molecular weight excluding hydrogens is 318 g/mol. The van der Waals surface area contributed by atoms with Crippen molar-refractivity contribution in [3.63, 3.8) is 0 Å². The van der Waals surface area contributed by atoms with Gasteiger partial charge in [0.25, 0.3) is 0 Å². The summed E-state index contributed by atoms with van der Waals surface area (Å²) in [6.45, 7) is 2.03. The largest absolute Gasteiger partial charge is 0.412 e. The summed E-state index contributed by atoms with van der Waals surface area (Å²) in [6, 6.07) is 1.56. The topological polar surface area (TPSA) is 96.0 Å². The molecule has 0 aliphatic heterocycles. The molecule has 136 valence electrons. The number of rotatable bonds is 3. The van der Waals surface area contributed by atoms with E-state index in [0.717, 1.165) is 12.8 Å².